The maximum Gasteiger partial charge on any atom is 0.268 e. The zero-order chi connectivity index (χ0) is 26.3. The van der Waals surface area contributed by atoms with Gasteiger partial charge in [0, 0.05) is 30.5 Å². The number of rotatable bonds is 10. The first kappa shape index (κ1) is 26.8. The molecule has 3 rings (SSSR count). The van der Waals surface area contributed by atoms with Crippen LogP contribution < -0.4 is 15.4 Å². The van der Waals surface area contributed by atoms with E-state index in [0.29, 0.717) is 29.8 Å². The summed E-state index contributed by atoms with van der Waals surface area (Å²) in [4.78, 5) is 41.8. The Balaban J connectivity index is 1.57. The van der Waals surface area contributed by atoms with Crippen LogP contribution in [0.25, 0.3) is 10.9 Å². The van der Waals surface area contributed by atoms with Crippen LogP contribution in [-0.4, -0.2) is 65.8 Å². The van der Waals surface area contributed by atoms with Crippen molar-refractivity contribution in [2.75, 3.05) is 26.2 Å². The van der Waals surface area contributed by atoms with Crippen molar-refractivity contribution in [1.29, 1.82) is 5.26 Å². The molecular weight excluding hydrogens is 472 g/mol. The number of carbonyl (C=O) groups excluding carboxylic acids is 3. The number of benzene rings is 1. The van der Waals surface area contributed by atoms with Crippen LogP contribution >= 0.6 is 0 Å². The maximum absolute atomic E-state index is 13.6. The molecule has 36 heavy (non-hydrogen) atoms. The number of fused-ring (bicyclic) bond motifs is 1. The fourth-order valence-corrected chi connectivity index (χ4v) is 3.79. The van der Waals surface area contributed by atoms with Crippen molar-refractivity contribution in [3.05, 3.63) is 36.0 Å². The summed E-state index contributed by atoms with van der Waals surface area (Å²) in [5, 5.41) is 14.9. The van der Waals surface area contributed by atoms with Gasteiger partial charge in [0.1, 0.15) is 11.8 Å². The van der Waals surface area contributed by atoms with E-state index in [1.54, 1.807) is 24.3 Å². The molecule has 192 valence electrons. The zero-order valence-corrected chi connectivity index (χ0v) is 20.2. The molecule has 0 spiro atoms. The monoisotopic (exact) mass is 501 g/mol. The molecule has 2 N–H and O–H groups in total. The number of halogens is 2. The van der Waals surface area contributed by atoms with Gasteiger partial charge in [-0.2, -0.15) is 5.26 Å². The Labute approximate surface area is 207 Å². The number of unbranched alkanes of at least 4 members (excludes halogenated alkanes) is 1. The van der Waals surface area contributed by atoms with Crippen LogP contribution in [0.3, 0.4) is 0 Å². The van der Waals surface area contributed by atoms with Crippen LogP contribution in [0.1, 0.15) is 43.5 Å². The summed E-state index contributed by atoms with van der Waals surface area (Å²) in [6.07, 6.45) is 2.22. The first-order valence-electron chi connectivity index (χ1n) is 11.8. The minimum Gasteiger partial charge on any atom is -0.494 e. The smallest absolute Gasteiger partial charge is 0.268 e. The SMILES string of the molecule is CC(C)C(=O)NCCCCOc1ccc2nccc(C(=O)NCC(=O)N3CC(F)(F)C[C@H]3C#N)c2c1. The molecule has 0 unspecified atom stereocenters. The number of nitriles is 1. The molecule has 0 saturated carbocycles. The number of carbonyl (C=O) groups is 3. The molecular formula is C25H29F2N5O4. The Morgan fingerprint density at radius 3 is 2.75 bits per heavy atom. The number of hydrogen-bond donors (Lipinski definition) is 2. The number of likely N-dealkylation sites (tertiary alicyclic amines) is 1. The summed E-state index contributed by atoms with van der Waals surface area (Å²) in [5.74, 6) is -3.97. The van der Waals surface area contributed by atoms with Crippen molar-refractivity contribution in [2.45, 2.75) is 45.1 Å². The maximum atomic E-state index is 13.6. The van der Waals surface area contributed by atoms with Crippen molar-refractivity contribution in [3.63, 3.8) is 0 Å². The predicted octanol–water partition coefficient (Wildman–Crippen LogP) is 2.66. The number of pyridine rings is 1. The van der Waals surface area contributed by atoms with Crippen molar-refractivity contribution in [3.8, 4) is 11.8 Å². The van der Waals surface area contributed by atoms with Crippen molar-refractivity contribution in [2.24, 2.45) is 5.92 Å². The highest BCUT2D eigenvalue weighted by atomic mass is 19.3. The number of amides is 3. The number of nitrogens with zero attached hydrogens (tertiary/aromatic N) is 3. The lowest BCUT2D eigenvalue weighted by Crippen LogP contribution is -2.43. The highest BCUT2D eigenvalue weighted by Gasteiger charge is 2.47. The lowest BCUT2D eigenvalue weighted by Gasteiger charge is -2.19. The van der Waals surface area contributed by atoms with Crippen LogP contribution in [0.2, 0.25) is 0 Å². The van der Waals surface area contributed by atoms with E-state index in [1.165, 1.54) is 12.3 Å². The van der Waals surface area contributed by atoms with Gasteiger partial charge in [-0.3, -0.25) is 19.4 Å². The molecule has 1 aliphatic heterocycles. The normalized spacial score (nSPS) is 16.6. The minimum atomic E-state index is -3.13. The Morgan fingerprint density at radius 1 is 1.25 bits per heavy atom. The van der Waals surface area contributed by atoms with Gasteiger partial charge in [-0.1, -0.05) is 13.8 Å². The van der Waals surface area contributed by atoms with Crippen molar-refractivity contribution >= 4 is 28.6 Å². The third-order valence-electron chi connectivity index (χ3n) is 5.76. The van der Waals surface area contributed by atoms with Gasteiger partial charge in [0.15, 0.2) is 0 Å². The Morgan fingerprint density at radius 2 is 2.03 bits per heavy atom. The molecule has 1 aromatic heterocycles. The van der Waals surface area contributed by atoms with Gasteiger partial charge >= 0.3 is 0 Å². The van der Waals surface area contributed by atoms with Gasteiger partial charge < -0.3 is 20.3 Å². The fourth-order valence-electron chi connectivity index (χ4n) is 3.79. The van der Waals surface area contributed by atoms with Gasteiger partial charge in [0.05, 0.1) is 36.8 Å². The van der Waals surface area contributed by atoms with E-state index in [0.717, 1.165) is 17.7 Å². The molecule has 3 amide bonds. The third-order valence-corrected chi connectivity index (χ3v) is 5.76. The Kier molecular flexibility index (Phi) is 8.74. The van der Waals surface area contributed by atoms with E-state index in [4.69, 9.17) is 10.00 Å². The molecule has 0 radical (unpaired) electrons. The van der Waals surface area contributed by atoms with Crippen molar-refractivity contribution in [1.82, 2.24) is 20.5 Å². The summed E-state index contributed by atoms with van der Waals surface area (Å²) in [5.41, 5.74) is 0.791. The largest absolute Gasteiger partial charge is 0.494 e. The summed E-state index contributed by atoms with van der Waals surface area (Å²) >= 11 is 0. The summed E-state index contributed by atoms with van der Waals surface area (Å²) in [6, 6.07) is 7.09. The number of alkyl halides is 2. The zero-order valence-electron chi connectivity index (χ0n) is 20.2. The Bertz CT molecular complexity index is 1160. The number of hydrogen-bond acceptors (Lipinski definition) is 6. The number of aromatic nitrogens is 1. The van der Waals surface area contributed by atoms with Gasteiger partial charge in [0.25, 0.3) is 11.8 Å². The van der Waals surface area contributed by atoms with Crippen LogP contribution in [-0.2, 0) is 9.59 Å². The Hall–Kier alpha value is -3.81. The minimum absolute atomic E-state index is 0.00806. The quantitative estimate of drug-likeness (QED) is 0.483. The average molecular weight is 502 g/mol. The molecule has 1 saturated heterocycles. The second-order valence-corrected chi connectivity index (χ2v) is 8.95. The number of ether oxygens (including phenoxy) is 1. The molecule has 1 fully saturated rings. The lowest BCUT2D eigenvalue weighted by atomic mass is 10.1. The molecule has 0 bridgehead atoms. The standard InChI is InChI=1S/C25H29F2N5O4/c1-16(2)23(34)30-8-3-4-10-36-18-5-6-21-20(11-18)19(7-9-29-21)24(35)31-14-22(33)32-15-25(26,27)12-17(32)13-28/h5-7,9,11,16-17H,3-4,8,10,12,14-15H2,1-2H3,(H,30,34)(H,31,35)/t17-/m0/s1. The van der Waals surface area contributed by atoms with Gasteiger partial charge in [-0.25, -0.2) is 8.78 Å². The van der Waals surface area contributed by atoms with Crippen LogP contribution in [0, 0.1) is 17.2 Å². The van der Waals surface area contributed by atoms with E-state index in [9.17, 15) is 23.2 Å². The van der Waals surface area contributed by atoms with E-state index in [2.05, 4.69) is 15.6 Å². The van der Waals surface area contributed by atoms with E-state index < -0.39 is 43.3 Å². The van der Waals surface area contributed by atoms with Crippen LogP contribution in [0.4, 0.5) is 8.78 Å². The fraction of sp³-hybridized carbons (Fsp3) is 0.480. The van der Waals surface area contributed by atoms with Gasteiger partial charge in [-0.15, -0.1) is 0 Å². The van der Waals surface area contributed by atoms with Crippen molar-refractivity contribution < 1.29 is 27.9 Å². The first-order valence-corrected chi connectivity index (χ1v) is 11.8. The van der Waals surface area contributed by atoms with Gasteiger partial charge in [-0.05, 0) is 37.1 Å². The average Bonchev–Trinajstić information content (AvgIpc) is 3.18. The highest BCUT2D eigenvalue weighted by molar-refractivity contribution is 6.07. The summed E-state index contributed by atoms with van der Waals surface area (Å²) in [7, 11) is 0. The first-order chi connectivity index (χ1) is 17.1. The molecule has 9 nitrogen and oxygen atoms in total. The highest BCUT2D eigenvalue weighted by Crippen LogP contribution is 2.31. The molecule has 11 heteroatoms. The molecule has 0 aliphatic carbocycles. The topological polar surface area (TPSA) is 124 Å². The second-order valence-electron chi connectivity index (χ2n) is 8.95. The van der Waals surface area contributed by atoms with Crippen LogP contribution in [0.5, 0.6) is 5.75 Å². The molecule has 1 aromatic carbocycles. The molecule has 2 heterocycles. The molecule has 2 aromatic rings. The predicted molar refractivity (Wildman–Crippen MR) is 127 cm³/mol. The van der Waals surface area contributed by atoms with E-state index in [-0.39, 0.29) is 17.4 Å². The summed E-state index contributed by atoms with van der Waals surface area (Å²) in [6.45, 7) is 3.29. The number of nitrogens with one attached hydrogen (secondary N) is 2. The van der Waals surface area contributed by atoms with E-state index >= 15 is 0 Å². The van der Waals surface area contributed by atoms with Crippen LogP contribution in [0.15, 0.2) is 30.5 Å². The molecule has 1 atom stereocenters. The molecule has 1 aliphatic rings. The van der Waals surface area contributed by atoms with E-state index in [1.807, 2.05) is 13.8 Å². The van der Waals surface area contributed by atoms with Gasteiger partial charge in [0.2, 0.25) is 11.8 Å². The second kappa shape index (κ2) is 11.7. The third kappa shape index (κ3) is 6.87. The lowest BCUT2D eigenvalue weighted by molar-refractivity contribution is -0.131. The summed E-state index contributed by atoms with van der Waals surface area (Å²) < 4.78 is 33.0.